The lowest BCUT2D eigenvalue weighted by molar-refractivity contribution is -0.130. The summed E-state index contributed by atoms with van der Waals surface area (Å²) in [5.41, 5.74) is 1.18. The van der Waals surface area contributed by atoms with Crippen LogP contribution in [0.5, 0.6) is 0 Å². The van der Waals surface area contributed by atoms with Crippen molar-refractivity contribution >= 4 is 21.8 Å². The molecule has 4 heteroatoms. The first-order valence-corrected chi connectivity index (χ1v) is 7.11. The third-order valence-corrected chi connectivity index (χ3v) is 3.97. The molecule has 0 aliphatic carbocycles. The Labute approximate surface area is 116 Å². The molecule has 1 heterocycles. The molecule has 0 aromatic heterocycles. The Morgan fingerprint density at radius 1 is 1.39 bits per heavy atom. The lowest BCUT2D eigenvalue weighted by Gasteiger charge is -2.16. The number of aliphatic hydroxyl groups is 1. The van der Waals surface area contributed by atoms with Gasteiger partial charge < -0.3 is 10.0 Å². The van der Waals surface area contributed by atoms with E-state index < -0.39 is 0 Å². The topological polar surface area (TPSA) is 40.5 Å². The maximum Gasteiger partial charge on any atom is 0.222 e. The molecule has 1 aromatic carbocycles. The highest BCUT2D eigenvalue weighted by Crippen LogP contribution is 2.17. The van der Waals surface area contributed by atoms with Gasteiger partial charge in [0, 0.05) is 36.5 Å². The molecule has 98 valence electrons. The van der Waals surface area contributed by atoms with E-state index in [0.29, 0.717) is 6.42 Å². The molecular weight excluding hydrogens is 294 g/mol. The molecule has 1 atom stereocenters. The summed E-state index contributed by atoms with van der Waals surface area (Å²) in [6.45, 7) is 1.70. The van der Waals surface area contributed by atoms with Crippen molar-refractivity contribution in [1.82, 2.24) is 4.90 Å². The van der Waals surface area contributed by atoms with E-state index in [0.717, 1.165) is 30.4 Å². The summed E-state index contributed by atoms with van der Waals surface area (Å²) in [4.78, 5) is 13.9. The zero-order chi connectivity index (χ0) is 13.0. The van der Waals surface area contributed by atoms with Gasteiger partial charge in [-0.3, -0.25) is 4.79 Å². The average Bonchev–Trinajstić information content (AvgIpc) is 2.86. The Morgan fingerprint density at radius 2 is 2.11 bits per heavy atom. The predicted octanol–water partition coefficient (Wildman–Crippen LogP) is 2.22. The molecule has 1 saturated heterocycles. The van der Waals surface area contributed by atoms with E-state index in [-0.39, 0.29) is 18.4 Å². The van der Waals surface area contributed by atoms with Crippen molar-refractivity contribution in [3.63, 3.8) is 0 Å². The molecule has 2 rings (SSSR count). The summed E-state index contributed by atoms with van der Waals surface area (Å²) < 4.78 is 1.06. The van der Waals surface area contributed by atoms with Crippen LogP contribution in [0.4, 0.5) is 0 Å². The van der Waals surface area contributed by atoms with E-state index in [4.69, 9.17) is 5.11 Å². The van der Waals surface area contributed by atoms with Crippen molar-refractivity contribution in [3.05, 3.63) is 34.3 Å². The van der Waals surface area contributed by atoms with Gasteiger partial charge in [0.15, 0.2) is 0 Å². The Kier molecular flexibility index (Phi) is 4.78. The van der Waals surface area contributed by atoms with Gasteiger partial charge in [-0.15, -0.1) is 0 Å². The van der Waals surface area contributed by atoms with Crippen LogP contribution in [-0.4, -0.2) is 35.6 Å². The van der Waals surface area contributed by atoms with Crippen LogP contribution in [0.3, 0.4) is 0 Å². The minimum atomic E-state index is 0.191. The lowest BCUT2D eigenvalue weighted by atomic mass is 10.1. The van der Waals surface area contributed by atoms with Gasteiger partial charge in [-0.25, -0.2) is 0 Å². The molecular formula is C14H18BrNO2. The molecule has 1 aromatic rings. The van der Waals surface area contributed by atoms with Gasteiger partial charge in [-0.1, -0.05) is 28.1 Å². The number of aliphatic hydroxyl groups excluding tert-OH is 1. The maximum absolute atomic E-state index is 12.0. The molecule has 1 aliphatic rings. The third kappa shape index (κ3) is 3.56. The fraction of sp³-hybridized carbons (Fsp3) is 0.500. The normalized spacial score (nSPS) is 19.2. The second kappa shape index (κ2) is 6.34. The SMILES string of the molecule is O=C(CCc1ccc(Br)cc1)N1CCC(CO)C1. The highest BCUT2D eigenvalue weighted by Gasteiger charge is 2.24. The average molecular weight is 312 g/mol. The molecule has 1 fully saturated rings. The van der Waals surface area contributed by atoms with Crippen LogP contribution in [0.1, 0.15) is 18.4 Å². The summed E-state index contributed by atoms with van der Waals surface area (Å²) in [6, 6.07) is 8.07. The number of nitrogens with zero attached hydrogens (tertiary/aromatic N) is 1. The zero-order valence-corrected chi connectivity index (χ0v) is 11.9. The monoisotopic (exact) mass is 311 g/mol. The van der Waals surface area contributed by atoms with Crippen molar-refractivity contribution in [2.24, 2.45) is 5.92 Å². The first-order valence-electron chi connectivity index (χ1n) is 6.32. The first-order chi connectivity index (χ1) is 8.69. The fourth-order valence-electron chi connectivity index (χ4n) is 2.27. The van der Waals surface area contributed by atoms with Crippen molar-refractivity contribution < 1.29 is 9.90 Å². The summed E-state index contributed by atoms with van der Waals surface area (Å²) in [7, 11) is 0. The van der Waals surface area contributed by atoms with Gasteiger partial charge in [0.1, 0.15) is 0 Å². The molecule has 0 saturated carbocycles. The zero-order valence-electron chi connectivity index (χ0n) is 10.3. The number of rotatable bonds is 4. The molecule has 1 unspecified atom stereocenters. The largest absolute Gasteiger partial charge is 0.396 e. The Hall–Kier alpha value is -0.870. The van der Waals surface area contributed by atoms with Crippen LogP contribution in [0.2, 0.25) is 0 Å². The van der Waals surface area contributed by atoms with Crippen LogP contribution >= 0.6 is 15.9 Å². The number of halogens is 1. The Morgan fingerprint density at radius 3 is 2.72 bits per heavy atom. The molecule has 0 radical (unpaired) electrons. The van der Waals surface area contributed by atoms with E-state index in [1.54, 1.807) is 0 Å². The second-order valence-corrected chi connectivity index (χ2v) is 5.72. The number of amides is 1. The van der Waals surface area contributed by atoms with Crippen molar-refractivity contribution in [3.8, 4) is 0 Å². The summed E-state index contributed by atoms with van der Waals surface area (Å²) >= 11 is 3.40. The van der Waals surface area contributed by atoms with Gasteiger partial charge in [0.25, 0.3) is 0 Å². The van der Waals surface area contributed by atoms with Gasteiger partial charge in [0.2, 0.25) is 5.91 Å². The molecule has 0 spiro atoms. The Bertz CT molecular complexity index is 405. The van der Waals surface area contributed by atoms with Gasteiger partial charge in [-0.2, -0.15) is 0 Å². The molecule has 1 amide bonds. The molecule has 3 nitrogen and oxygen atoms in total. The number of carbonyl (C=O) groups is 1. The van der Waals surface area contributed by atoms with Crippen LogP contribution in [0.25, 0.3) is 0 Å². The number of likely N-dealkylation sites (tertiary alicyclic amines) is 1. The predicted molar refractivity (Wildman–Crippen MR) is 74.2 cm³/mol. The number of hydrogen-bond acceptors (Lipinski definition) is 2. The molecule has 18 heavy (non-hydrogen) atoms. The van der Waals surface area contributed by atoms with E-state index in [9.17, 15) is 4.79 Å². The second-order valence-electron chi connectivity index (χ2n) is 4.80. The lowest BCUT2D eigenvalue weighted by Crippen LogP contribution is -2.29. The number of benzene rings is 1. The number of hydrogen-bond donors (Lipinski definition) is 1. The fourth-order valence-corrected chi connectivity index (χ4v) is 2.53. The number of aryl methyl sites for hydroxylation is 1. The standard InChI is InChI=1S/C14H18BrNO2/c15-13-4-1-11(2-5-13)3-6-14(18)16-8-7-12(9-16)10-17/h1-2,4-5,12,17H,3,6-10H2. The van der Waals surface area contributed by atoms with Crippen LogP contribution in [0.15, 0.2) is 28.7 Å². The Balaban J connectivity index is 1.80. The van der Waals surface area contributed by atoms with Gasteiger partial charge >= 0.3 is 0 Å². The van der Waals surface area contributed by atoms with E-state index in [1.807, 2.05) is 29.2 Å². The minimum Gasteiger partial charge on any atom is -0.396 e. The van der Waals surface area contributed by atoms with Crippen molar-refractivity contribution in [2.75, 3.05) is 19.7 Å². The highest BCUT2D eigenvalue weighted by molar-refractivity contribution is 9.10. The van der Waals surface area contributed by atoms with E-state index in [2.05, 4.69) is 15.9 Å². The van der Waals surface area contributed by atoms with Gasteiger partial charge in [-0.05, 0) is 30.5 Å². The molecule has 1 aliphatic heterocycles. The molecule has 1 N–H and O–H groups in total. The van der Waals surface area contributed by atoms with Crippen molar-refractivity contribution in [1.29, 1.82) is 0 Å². The van der Waals surface area contributed by atoms with Crippen molar-refractivity contribution in [2.45, 2.75) is 19.3 Å². The van der Waals surface area contributed by atoms with Crippen LogP contribution in [-0.2, 0) is 11.2 Å². The van der Waals surface area contributed by atoms with E-state index >= 15 is 0 Å². The quantitative estimate of drug-likeness (QED) is 0.926. The highest BCUT2D eigenvalue weighted by atomic mass is 79.9. The van der Waals surface area contributed by atoms with Crippen LogP contribution < -0.4 is 0 Å². The summed E-state index contributed by atoms with van der Waals surface area (Å²) in [6.07, 6.45) is 2.27. The van der Waals surface area contributed by atoms with E-state index in [1.165, 1.54) is 5.56 Å². The van der Waals surface area contributed by atoms with Gasteiger partial charge in [0.05, 0.1) is 0 Å². The molecule has 0 bridgehead atoms. The van der Waals surface area contributed by atoms with Crippen LogP contribution in [0, 0.1) is 5.92 Å². The third-order valence-electron chi connectivity index (χ3n) is 3.44. The minimum absolute atomic E-state index is 0.191. The first kappa shape index (κ1) is 13.6. The summed E-state index contributed by atoms with van der Waals surface area (Å²) in [5.74, 6) is 0.482. The number of carbonyl (C=O) groups excluding carboxylic acids is 1. The smallest absolute Gasteiger partial charge is 0.222 e. The maximum atomic E-state index is 12.0. The summed E-state index contributed by atoms with van der Waals surface area (Å²) in [5, 5.41) is 9.06.